The molecule has 8 nitrogen and oxygen atoms in total. The number of H-pyrrole nitrogens is 1. The Morgan fingerprint density at radius 2 is 2.09 bits per heavy atom. The van der Waals surface area contributed by atoms with Crippen molar-refractivity contribution in [2.75, 3.05) is 12.4 Å². The zero-order valence-electron chi connectivity index (χ0n) is 18.1. The number of aryl methyl sites for hydroxylation is 1. The molecule has 1 amide bonds. The molecule has 33 heavy (non-hydrogen) atoms. The van der Waals surface area contributed by atoms with E-state index in [1.165, 1.54) is 28.2 Å². The van der Waals surface area contributed by atoms with Crippen LogP contribution >= 0.6 is 0 Å². The molecule has 0 aliphatic heterocycles. The molecule has 5 N–H and O–H groups in total. The lowest BCUT2D eigenvalue weighted by molar-refractivity contribution is -0.124. The first-order chi connectivity index (χ1) is 16.0. The van der Waals surface area contributed by atoms with Crippen molar-refractivity contribution in [2.24, 2.45) is 0 Å². The number of benzene rings is 2. The molecule has 0 radical (unpaired) electrons. The number of thiol groups is 1. The molecule has 0 saturated heterocycles. The van der Waals surface area contributed by atoms with Crippen LogP contribution in [0.25, 0.3) is 17.0 Å². The lowest BCUT2D eigenvalue weighted by atomic mass is 10.0. The van der Waals surface area contributed by atoms with Gasteiger partial charge in [-0.05, 0) is 53.7 Å². The smallest absolute Gasteiger partial charge is 0.267 e. The molecule has 0 saturated carbocycles. The lowest BCUT2D eigenvalue weighted by Gasteiger charge is -2.24. The minimum absolute atomic E-state index is 0.0419. The number of nitrogens with one attached hydrogen (secondary N) is 4. The molecule has 0 fully saturated rings. The first-order valence-electron chi connectivity index (χ1n) is 10.9. The number of hydrogen-bond donors (Lipinski definition) is 6. The van der Waals surface area contributed by atoms with E-state index < -0.39 is 16.6 Å². The second kappa shape index (κ2) is 10.8. The zero-order valence-corrected chi connectivity index (χ0v) is 19.0. The van der Waals surface area contributed by atoms with Gasteiger partial charge in [-0.15, -0.1) is 0 Å². The average molecular weight is 469 g/mol. The van der Waals surface area contributed by atoms with Crippen LogP contribution in [-0.4, -0.2) is 43.0 Å². The Hall–Kier alpha value is -2.98. The first-order valence-corrected chi connectivity index (χ1v) is 12.3. The van der Waals surface area contributed by atoms with E-state index in [0.29, 0.717) is 6.54 Å². The van der Waals surface area contributed by atoms with Crippen LogP contribution in [0.1, 0.15) is 34.7 Å². The number of hydroxylamine groups is 1. The van der Waals surface area contributed by atoms with Gasteiger partial charge in [-0.3, -0.25) is 10.0 Å². The maximum Gasteiger partial charge on any atom is 0.267 e. The van der Waals surface area contributed by atoms with Crippen molar-refractivity contribution in [1.82, 2.24) is 21.1 Å². The van der Waals surface area contributed by atoms with Crippen molar-refractivity contribution < 1.29 is 18.4 Å². The fourth-order valence-corrected chi connectivity index (χ4v) is 4.81. The summed E-state index contributed by atoms with van der Waals surface area (Å²) in [6, 6.07) is 14.5. The fourth-order valence-electron chi connectivity index (χ4n) is 4.49. The zero-order chi connectivity index (χ0) is 23.2. The molecule has 1 aliphatic rings. The first kappa shape index (κ1) is 23.2. The number of rotatable bonds is 10. The second-order valence-corrected chi connectivity index (χ2v) is 9.21. The topological polar surface area (TPSA) is 123 Å². The average Bonchev–Trinajstić information content (AvgIpc) is 3.41. The fraction of sp³-hybridized carbons (Fsp3) is 0.292. The van der Waals surface area contributed by atoms with Crippen LogP contribution in [0.5, 0.6) is 0 Å². The quantitative estimate of drug-likeness (QED) is 0.117. The Kier molecular flexibility index (Phi) is 7.56. The highest BCUT2D eigenvalue weighted by molar-refractivity contribution is 7.72. The molecule has 1 aliphatic carbocycles. The minimum Gasteiger partial charge on any atom is -0.361 e. The molecule has 0 spiro atoms. The summed E-state index contributed by atoms with van der Waals surface area (Å²) in [5, 5.41) is 16.6. The maximum absolute atomic E-state index is 11.2. The summed E-state index contributed by atoms with van der Waals surface area (Å²) in [5.41, 5.74) is 7.21. The number of aromatic nitrogens is 1. The monoisotopic (exact) mass is 468 g/mol. The van der Waals surface area contributed by atoms with Crippen molar-refractivity contribution in [3.63, 3.8) is 0 Å². The Balaban J connectivity index is 1.49. The number of hydrogen-bond acceptors (Lipinski definition) is 6. The molecule has 9 heteroatoms. The molecule has 1 aromatic heterocycles. The largest absolute Gasteiger partial charge is 0.361 e. The SMILES string of the molecule is O=C(C=Cc1ccc2c(c1)CCC2NC(CNC[SH](=O)=O)Cc1c[nH]c2ccccc12)NO. The van der Waals surface area contributed by atoms with Crippen molar-refractivity contribution >= 4 is 33.6 Å². The van der Waals surface area contributed by atoms with Crippen molar-refractivity contribution in [2.45, 2.75) is 31.3 Å². The van der Waals surface area contributed by atoms with E-state index in [1.54, 1.807) is 11.6 Å². The number of aromatic amines is 1. The molecule has 2 atom stereocenters. The maximum atomic E-state index is 11.2. The van der Waals surface area contributed by atoms with E-state index in [1.807, 2.05) is 30.5 Å². The lowest BCUT2D eigenvalue weighted by Crippen LogP contribution is -2.42. The summed E-state index contributed by atoms with van der Waals surface area (Å²) < 4.78 is 22.1. The number of fused-ring (bicyclic) bond motifs is 2. The van der Waals surface area contributed by atoms with Crippen molar-refractivity contribution in [1.29, 1.82) is 0 Å². The van der Waals surface area contributed by atoms with E-state index in [-0.39, 0.29) is 18.0 Å². The number of carbonyl (C=O) groups excluding carboxylic acids is 1. The van der Waals surface area contributed by atoms with E-state index in [4.69, 9.17) is 5.21 Å². The number of carbonyl (C=O) groups is 1. The Bertz CT molecular complexity index is 1230. The van der Waals surface area contributed by atoms with Crippen LogP contribution in [0.3, 0.4) is 0 Å². The highest BCUT2D eigenvalue weighted by Crippen LogP contribution is 2.33. The van der Waals surface area contributed by atoms with Crippen LogP contribution in [-0.2, 0) is 28.3 Å². The molecule has 4 rings (SSSR count). The number of amides is 1. The van der Waals surface area contributed by atoms with Crippen molar-refractivity contribution in [3.05, 3.63) is 77.0 Å². The third kappa shape index (κ3) is 5.88. The Morgan fingerprint density at radius 1 is 1.24 bits per heavy atom. The summed E-state index contributed by atoms with van der Waals surface area (Å²) in [5.74, 6) is -0.609. The van der Waals surface area contributed by atoms with Gasteiger partial charge in [0.1, 0.15) is 0 Å². The molecular formula is C24H28N4O4S. The molecule has 174 valence electrons. The van der Waals surface area contributed by atoms with Crippen molar-refractivity contribution in [3.8, 4) is 0 Å². The molecule has 3 aromatic rings. The Morgan fingerprint density at radius 3 is 2.91 bits per heavy atom. The van der Waals surface area contributed by atoms with Gasteiger partial charge in [0.05, 0.1) is 5.88 Å². The van der Waals surface area contributed by atoms with Gasteiger partial charge in [0.25, 0.3) is 5.91 Å². The molecule has 2 aromatic carbocycles. The Labute approximate surface area is 194 Å². The predicted molar refractivity (Wildman–Crippen MR) is 129 cm³/mol. The van der Waals surface area contributed by atoms with Crippen LogP contribution < -0.4 is 16.1 Å². The van der Waals surface area contributed by atoms with Gasteiger partial charge >= 0.3 is 0 Å². The summed E-state index contributed by atoms with van der Waals surface area (Å²) >= 11 is 0. The molecule has 1 heterocycles. The van der Waals surface area contributed by atoms with E-state index >= 15 is 0 Å². The van der Waals surface area contributed by atoms with E-state index in [2.05, 4.69) is 33.8 Å². The van der Waals surface area contributed by atoms with Crippen LogP contribution in [0.15, 0.2) is 54.7 Å². The highest BCUT2D eigenvalue weighted by Gasteiger charge is 2.25. The highest BCUT2D eigenvalue weighted by atomic mass is 32.2. The van der Waals surface area contributed by atoms with E-state index in [9.17, 15) is 13.2 Å². The third-order valence-electron chi connectivity index (χ3n) is 5.99. The van der Waals surface area contributed by atoms with Gasteiger partial charge in [0.2, 0.25) is 0 Å². The number of para-hydroxylation sites is 1. The second-order valence-electron chi connectivity index (χ2n) is 8.23. The van der Waals surface area contributed by atoms with Gasteiger partial charge in [-0.2, -0.15) is 0 Å². The summed E-state index contributed by atoms with van der Waals surface area (Å²) in [6.07, 6.45) is 7.60. The van der Waals surface area contributed by atoms with Gasteiger partial charge < -0.3 is 15.6 Å². The normalized spacial score (nSPS) is 16.5. The minimum atomic E-state index is -2.48. The predicted octanol–water partition coefficient (Wildman–Crippen LogP) is 2.03. The summed E-state index contributed by atoms with van der Waals surface area (Å²) in [6.45, 7) is 0.533. The van der Waals surface area contributed by atoms with Gasteiger partial charge in [0, 0.05) is 41.8 Å². The van der Waals surface area contributed by atoms with E-state index in [0.717, 1.165) is 30.3 Å². The molecule has 0 bridgehead atoms. The van der Waals surface area contributed by atoms with Gasteiger partial charge in [-0.1, -0.05) is 36.4 Å². The third-order valence-corrected chi connectivity index (χ3v) is 6.47. The van der Waals surface area contributed by atoms with Gasteiger partial charge in [-0.25, -0.2) is 13.9 Å². The summed E-state index contributed by atoms with van der Waals surface area (Å²) in [4.78, 5) is 14.5. The van der Waals surface area contributed by atoms with Crippen LogP contribution in [0, 0.1) is 0 Å². The standard InChI is InChI=1S/C24H28N4O4S/c29-24(28-30)10-6-16-5-8-21-17(11-16)7-9-23(21)27-19(14-25-15-33(31)32)12-18-13-26-22-4-2-1-3-20(18)22/h1-6,8,10-11,13,19,23,25-27,30,33H,7,9,12,14-15H2,(H,28,29). The van der Waals surface area contributed by atoms with Crippen LogP contribution in [0.4, 0.5) is 0 Å². The molecule has 2 unspecified atom stereocenters. The van der Waals surface area contributed by atoms with Crippen LogP contribution in [0.2, 0.25) is 0 Å². The molecular weight excluding hydrogens is 440 g/mol. The van der Waals surface area contributed by atoms with Gasteiger partial charge in [0.15, 0.2) is 10.7 Å². The summed E-state index contributed by atoms with van der Waals surface area (Å²) in [7, 11) is -2.48.